The molecular weight excluding hydrogens is 394 g/mol. The van der Waals surface area contributed by atoms with Crippen molar-refractivity contribution in [3.05, 3.63) is 78.4 Å². The van der Waals surface area contributed by atoms with Crippen LogP contribution in [-0.2, 0) is 16.0 Å². The van der Waals surface area contributed by atoms with E-state index in [0.717, 1.165) is 11.1 Å². The lowest BCUT2D eigenvalue weighted by Gasteiger charge is -2.14. The van der Waals surface area contributed by atoms with Crippen LogP contribution in [0.4, 0.5) is 0 Å². The number of amides is 1. The number of carboxylic acid groups (broad SMARTS) is 1. The van der Waals surface area contributed by atoms with E-state index >= 15 is 0 Å². The van der Waals surface area contributed by atoms with Crippen molar-refractivity contribution in [2.75, 3.05) is 6.61 Å². The highest BCUT2D eigenvalue weighted by atomic mass is 16.5. The summed E-state index contributed by atoms with van der Waals surface area (Å²) >= 11 is 0. The Kier molecular flexibility index (Phi) is 7.65. The fraction of sp³-hybridized carbons (Fsp3) is 0.200. The van der Waals surface area contributed by atoms with Crippen LogP contribution in [0, 0.1) is 0 Å². The van der Waals surface area contributed by atoms with E-state index in [-0.39, 0.29) is 12.8 Å². The van der Waals surface area contributed by atoms with Crippen molar-refractivity contribution in [1.82, 2.24) is 0 Å². The van der Waals surface area contributed by atoms with E-state index in [2.05, 4.69) is 0 Å². The fourth-order valence-electron chi connectivity index (χ4n) is 3.13. The minimum atomic E-state index is -0.831. The van der Waals surface area contributed by atoms with E-state index in [4.69, 9.17) is 20.3 Å². The standard InChI is InChI=1S/C25H25NO5/c26-24(27)16-20-12-13-22(17-23(20)30-14-5-4-11-25(28)29)31-21-10-6-9-19(15-21)18-7-2-1-3-8-18/h1-3,6-10,12-13,15,17H,4-5,11,14,16H2,(H2,26,27)(H,28,29). The number of hydrogen-bond acceptors (Lipinski definition) is 4. The molecule has 0 aliphatic carbocycles. The molecule has 1 amide bonds. The third-order valence-electron chi connectivity index (χ3n) is 4.62. The van der Waals surface area contributed by atoms with Crippen LogP contribution >= 0.6 is 0 Å². The van der Waals surface area contributed by atoms with Gasteiger partial charge in [0.05, 0.1) is 13.0 Å². The van der Waals surface area contributed by atoms with Crippen LogP contribution < -0.4 is 15.2 Å². The van der Waals surface area contributed by atoms with E-state index in [1.807, 2.05) is 54.6 Å². The Balaban J connectivity index is 1.73. The van der Waals surface area contributed by atoms with Gasteiger partial charge in [0.25, 0.3) is 0 Å². The molecule has 0 aliphatic rings. The molecule has 0 saturated carbocycles. The molecule has 0 unspecified atom stereocenters. The van der Waals surface area contributed by atoms with Gasteiger partial charge in [0, 0.05) is 18.1 Å². The average molecular weight is 419 g/mol. The zero-order valence-corrected chi connectivity index (χ0v) is 17.1. The maximum atomic E-state index is 11.4. The predicted octanol–water partition coefficient (Wildman–Crippen LogP) is 4.81. The third-order valence-corrected chi connectivity index (χ3v) is 4.62. The lowest BCUT2D eigenvalue weighted by Crippen LogP contribution is -2.14. The van der Waals surface area contributed by atoms with Gasteiger partial charge in [-0.05, 0) is 42.2 Å². The highest BCUT2D eigenvalue weighted by Gasteiger charge is 2.10. The summed E-state index contributed by atoms with van der Waals surface area (Å²) in [6.45, 7) is 0.339. The molecule has 3 aromatic carbocycles. The second kappa shape index (κ2) is 10.8. The van der Waals surface area contributed by atoms with Gasteiger partial charge in [0.1, 0.15) is 17.2 Å². The first-order valence-corrected chi connectivity index (χ1v) is 10.1. The molecule has 0 aromatic heterocycles. The maximum Gasteiger partial charge on any atom is 0.303 e. The minimum absolute atomic E-state index is 0.0498. The number of benzene rings is 3. The Labute approximate surface area is 181 Å². The number of ether oxygens (including phenoxy) is 2. The Morgan fingerprint density at radius 2 is 1.58 bits per heavy atom. The number of nitrogens with two attached hydrogens (primary N) is 1. The van der Waals surface area contributed by atoms with Crippen molar-refractivity contribution >= 4 is 11.9 Å². The molecule has 0 heterocycles. The SMILES string of the molecule is NC(=O)Cc1ccc(Oc2cccc(-c3ccccc3)c2)cc1OCCCCC(=O)O. The van der Waals surface area contributed by atoms with Gasteiger partial charge < -0.3 is 20.3 Å². The molecule has 3 aromatic rings. The molecule has 3 rings (SSSR count). The van der Waals surface area contributed by atoms with Gasteiger partial charge in [-0.3, -0.25) is 9.59 Å². The summed E-state index contributed by atoms with van der Waals surface area (Å²) < 4.78 is 11.8. The highest BCUT2D eigenvalue weighted by Crippen LogP contribution is 2.31. The minimum Gasteiger partial charge on any atom is -0.493 e. The summed E-state index contributed by atoms with van der Waals surface area (Å²) in [6, 6.07) is 23.0. The molecule has 31 heavy (non-hydrogen) atoms. The number of carbonyl (C=O) groups is 2. The number of unbranched alkanes of at least 4 members (excludes halogenated alkanes) is 1. The number of hydrogen-bond donors (Lipinski definition) is 2. The van der Waals surface area contributed by atoms with Crippen LogP contribution in [0.3, 0.4) is 0 Å². The topological polar surface area (TPSA) is 98.9 Å². The van der Waals surface area contributed by atoms with Gasteiger partial charge in [-0.15, -0.1) is 0 Å². The van der Waals surface area contributed by atoms with E-state index in [0.29, 0.717) is 42.3 Å². The molecule has 0 radical (unpaired) electrons. The van der Waals surface area contributed by atoms with Gasteiger partial charge in [-0.2, -0.15) is 0 Å². The number of primary amides is 1. The zero-order chi connectivity index (χ0) is 22.1. The van der Waals surface area contributed by atoms with E-state index < -0.39 is 11.9 Å². The first kappa shape index (κ1) is 21.9. The zero-order valence-electron chi connectivity index (χ0n) is 17.1. The normalized spacial score (nSPS) is 10.5. The van der Waals surface area contributed by atoms with Gasteiger partial charge in [0.2, 0.25) is 5.91 Å². The third kappa shape index (κ3) is 6.89. The Morgan fingerprint density at radius 3 is 2.32 bits per heavy atom. The van der Waals surface area contributed by atoms with Gasteiger partial charge in [-0.1, -0.05) is 48.5 Å². The molecule has 0 atom stereocenters. The highest BCUT2D eigenvalue weighted by molar-refractivity contribution is 5.77. The maximum absolute atomic E-state index is 11.4. The molecule has 6 heteroatoms. The van der Waals surface area contributed by atoms with Crippen molar-refractivity contribution in [2.24, 2.45) is 5.73 Å². The lowest BCUT2D eigenvalue weighted by atomic mass is 10.1. The second-order valence-electron chi connectivity index (χ2n) is 7.11. The Hall–Kier alpha value is -3.80. The quantitative estimate of drug-likeness (QED) is 0.435. The van der Waals surface area contributed by atoms with Crippen molar-refractivity contribution < 1.29 is 24.2 Å². The Bertz CT molecular complexity index is 1030. The molecule has 0 saturated heterocycles. The van der Waals surface area contributed by atoms with Crippen molar-refractivity contribution in [1.29, 1.82) is 0 Å². The number of carbonyl (C=O) groups excluding carboxylic acids is 1. The molecule has 0 bridgehead atoms. The summed E-state index contributed by atoms with van der Waals surface area (Å²) in [7, 11) is 0. The van der Waals surface area contributed by atoms with Gasteiger partial charge in [0.15, 0.2) is 0 Å². The number of carboxylic acids is 1. The molecular formula is C25H25NO5. The van der Waals surface area contributed by atoms with E-state index in [1.54, 1.807) is 18.2 Å². The summed E-state index contributed by atoms with van der Waals surface area (Å²) in [4.78, 5) is 22.0. The molecule has 3 N–H and O–H groups in total. The molecule has 0 fully saturated rings. The molecule has 6 nitrogen and oxygen atoms in total. The second-order valence-corrected chi connectivity index (χ2v) is 7.11. The fourth-order valence-corrected chi connectivity index (χ4v) is 3.13. The van der Waals surface area contributed by atoms with Crippen LogP contribution in [0.1, 0.15) is 24.8 Å². The molecule has 0 spiro atoms. The smallest absolute Gasteiger partial charge is 0.303 e. The summed E-state index contributed by atoms with van der Waals surface area (Å²) in [6.07, 6.45) is 1.25. The van der Waals surface area contributed by atoms with Crippen LogP contribution in [0.15, 0.2) is 72.8 Å². The van der Waals surface area contributed by atoms with Gasteiger partial charge >= 0.3 is 5.97 Å². The van der Waals surface area contributed by atoms with E-state index in [1.165, 1.54) is 0 Å². The van der Waals surface area contributed by atoms with Crippen molar-refractivity contribution in [2.45, 2.75) is 25.7 Å². The van der Waals surface area contributed by atoms with Crippen molar-refractivity contribution in [3.8, 4) is 28.4 Å². The first-order valence-electron chi connectivity index (χ1n) is 10.1. The average Bonchev–Trinajstić information content (AvgIpc) is 2.75. The van der Waals surface area contributed by atoms with Crippen LogP contribution in [0.2, 0.25) is 0 Å². The van der Waals surface area contributed by atoms with E-state index in [9.17, 15) is 9.59 Å². The summed E-state index contributed by atoms with van der Waals surface area (Å²) in [5, 5.41) is 8.73. The monoisotopic (exact) mass is 419 g/mol. The van der Waals surface area contributed by atoms with Gasteiger partial charge in [-0.25, -0.2) is 0 Å². The molecule has 160 valence electrons. The number of rotatable bonds is 11. The van der Waals surface area contributed by atoms with Crippen LogP contribution in [0.5, 0.6) is 17.2 Å². The summed E-state index contributed by atoms with van der Waals surface area (Å²) in [5.41, 5.74) is 8.14. The molecule has 0 aliphatic heterocycles. The summed E-state index contributed by atoms with van der Waals surface area (Å²) in [5.74, 6) is 0.462. The lowest BCUT2D eigenvalue weighted by molar-refractivity contribution is -0.137. The largest absolute Gasteiger partial charge is 0.493 e. The van der Waals surface area contributed by atoms with Crippen molar-refractivity contribution in [3.63, 3.8) is 0 Å². The predicted molar refractivity (Wildman–Crippen MR) is 118 cm³/mol. The number of aliphatic carboxylic acids is 1. The van der Waals surface area contributed by atoms with Crippen LogP contribution in [-0.4, -0.2) is 23.6 Å². The Morgan fingerprint density at radius 1 is 0.839 bits per heavy atom. The first-order chi connectivity index (χ1) is 15.0. The van der Waals surface area contributed by atoms with Crippen LogP contribution in [0.25, 0.3) is 11.1 Å².